The van der Waals surface area contributed by atoms with E-state index in [1.54, 1.807) is 24.3 Å². The second kappa shape index (κ2) is 6.91. The Morgan fingerprint density at radius 3 is 2.45 bits per heavy atom. The largest absolute Gasteiger partial charge is 0.495 e. The molecule has 0 bridgehead atoms. The fourth-order valence-electron chi connectivity index (χ4n) is 1.76. The van der Waals surface area contributed by atoms with Crippen LogP contribution in [-0.4, -0.2) is 23.9 Å². The average Bonchev–Trinajstić information content (AvgIpc) is 2.49. The van der Waals surface area contributed by atoms with E-state index in [-0.39, 0.29) is 10.8 Å². The number of amides is 2. The van der Waals surface area contributed by atoms with E-state index < -0.39 is 11.8 Å². The van der Waals surface area contributed by atoms with Crippen LogP contribution in [0.2, 0.25) is 5.15 Å². The first-order valence-corrected chi connectivity index (χ1v) is 6.76. The van der Waals surface area contributed by atoms with Crippen molar-refractivity contribution < 1.29 is 14.3 Å². The van der Waals surface area contributed by atoms with Crippen LogP contribution in [0.1, 0.15) is 5.56 Å². The Balaban J connectivity index is 2.11. The predicted octanol–water partition coefficient (Wildman–Crippen LogP) is 2.63. The van der Waals surface area contributed by atoms with E-state index in [1.165, 1.54) is 13.3 Å². The van der Waals surface area contributed by atoms with E-state index in [1.807, 2.05) is 13.0 Å². The van der Waals surface area contributed by atoms with Crippen molar-refractivity contribution >= 4 is 34.8 Å². The van der Waals surface area contributed by atoms with Gasteiger partial charge in [-0.3, -0.25) is 9.59 Å². The number of benzene rings is 1. The van der Waals surface area contributed by atoms with E-state index in [9.17, 15) is 9.59 Å². The lowest BCUT2D eigenvalue weighted by Gasteiger charge is -2.11. The SMILES string of the molecule is COc1ccc(C)cc1NC(=O)C(=O)Nc1cccnc1Cl. The normalized spacial score (nSPS) is 9.95. The van der Waals surface area contributed by atoms with Crippen LogP contribution in [0.4, 0.5) is 11.4 Å². The smallest absolute Gasteiger partial charge is 0.314 e. The number of methoxy groups -OCH3 is 1. The van der Waals surface area contributed by atoms with E-state index >= 15 is 0 Å². The summed E-state index contributed by atoms with van der Waals surface area (Å²) < 4.78 is 5.14. The summed E-state index contributed by atoms with van der Waals surface area (Å²) in [5.74, 6) is -1.21. The van der Waals surface area contributed by atoms with Crippen molar-refractivity contribution in [1.29, 1.82) is 0 Å². The fraction of sp³-hybridized carbons (Fsp3) is 0.133. The highest BCUT2D eigenvalue weighted by atomic mass is 35.5. The maximum atomic E-state index is 12.0. The third-order valence-electron chi connectivity index (χ3n) is 2.82. The topological polar surface area (TPSA) is 80.3 Å². The number of nitrogens with zero attached hydrogens (tertiary/aromatic N) is 1. The van der Waals surface area contributed by atoms with Crippen LogP contribution in [0.25, 0.3) is 0 Å². The Bertz CT molecular complexity index is 719. The number of halogens is 1. The van der Waals surface area contributed by atoms with Crippen LogP contribution in [0.3, 0.4) is 0 Å². The number of anilines is 2. The molecule has 0 aliphatic heterocycles. The number of hydrogen-bond acceptors (Lipinski definition) is 4. The second-order valence-corrected chi connectivity index (χ2v) is 4.81. The maximum Gasteiger partial charge on any atom is 0.314 e. The number of aryl methyl sites for hydroxylation is 1. The molecular weight excluding hydrogens is 306 g/mol. The molecule has 2 aromatic rings. The van der Waals surface area contributed by atoms with Crippen molar-refractivity contribution in [3.05, 3.63) is 47.2 Å². The minimum atomic E-state index is -0.849. The Kier molecular flexibility index (Phi) is 4.95. The van der Waals surface area contributed by atoms with E-state index in [4.69, 9.17) is 16.3 Å². The number of rotatable bonds is 3. The minimum absolute atomic E-state index is 0.108. The molecule has 6 nitrogen and oxygen atoms in total. The molecule has 0 aliphatic carbocycles. The number of pyridine rings is 1. The van der Waals surface area contributed by atoms with Gasteiger partial charge >= 0.3 is 11.8 Å². The summed E-state index contributed by atoms with van der Waals surface area (Å²) in [5.41, 5.74) is 1.60. The second-order valence-electron chi connectivity index (χ2n) is 4.45. The van der Waals surface area contributed by atoms with Gasteiger partial charge in [0.15, 0.2) is 5.15 Å². The Hall–Kier alpha value is -2.60. The zero-order valence-corrected chi connectivity index (χ0v) is 12.8. The van der Waals surface area contributed by atoms with Crippen LogP contribution >= 0.6 is 11.6 Å². The van der Waals surface area contributed by atoms with Crippen molar-refractivity contribution in [3.8, 4) is 5.75 Å². The van der Waals surface area contributed by atoms with E-state index in [0.29, 0.717) is 11.4 Å². The molecular formula is C15H14ClN3O3. The third kappa shape index (κ3) is 3.73. The van der Waals surface area contributed by atoms with Crippen molar-refractivity contribution in [1.82, 2.24) is 4.98 Å². The molecule has 114 valence electrons. The summed E-state index contributed by atoms with van der Waals surface area (Å²) in [4.78, 5) is 27.7. The monoisotopic (exact) mass is 319 g/mol. The summed E-state index contributed by atoms with van der Waals surface area (Å²) in [6.07, 6.45) is 1.48. The van der Waals surface area contributed by atoms with Gasteiger partial charge in [-0.15, -0.1) is 0 Å². The number of carbonyl (C=O) groups excluding carboxylic acids is 2. The first-order valence-electron chi connectivity index (χ1n) is 6.38. The summed E-state index contributed by atoms with van der Waals surface area (Å²) in [6, 6.07) is 8.41. The molecule has 0 saturated heterocycles. The lowest BCUT2D eigenvalue weighted by atomic mass is 10.2. The number of carbonyl (C=O) groups is 2. The van der Waals surface area contributed by atoms with Crippen LogP contribution in [0.15, 0.2) is 36.5 Å². The van der Waals surface area contributed by atoms with Gasteiger partial charge in [-0.2, -0.15) is 0 Å². The molecule has 7 heteroatoms. The molecule has 2 N–H and O–H groups in total. The van der Waals surface area contributed by atoms with Gasteiger partial charge in [0.1, 0.15) is 5.75 Å². The zero-order chi connectivity index (χ0) is 16.1. The maximum absolute atomic E-state index is 12.0. The van der Waals surface area contributed by atoms with E-state index in [2.05, 4.69) is 15.6 Å². The molecule has 2 amide bonds. The summed E-state index contributed by atoms with van der Waals surface area (Å²) in [5, 5.41) is 5.01. The standard InChI is InChI=1S/C15H14ClN3O3/c1-9-5-6-12(22-2)11(8-9)19-15(21)14(20)18-10-4-3-7-17-13(10)16/h3-8H,1-2H3,(H,18,20)(H,19,21). The van der Waals surface area contributed by atoms with Gasteiger partial charge in [-0.1, -0.05) is 17.7 Å². The average molecular weight is 320 g/mol. The van der Waals surface area contributed by atoms with Crippen molar-refractivity contribution in [2.45, 2.75) is 6.92 Å². The highest BCUT2D eigenvalue weighted by Crippen LogP contribution is 2.25. The first kappa shape index (κ1) is 15.8. The summed E-state index contributed by atoms with van der Waals surface area (Å²) in [7, 11) is 1.48. The molecule has 0 radical (unpaired) electrons. The minimum Gasteiger partial charge on any atom is -0.495 e. The van der Waals surface area contributed by atoms with E-state index in [0.717, 1.165) is 5.56 Å². The van der Waals surface area contributed by atoms with Crippen LogP contribution < -0.4 is 15.4 Å². The van der Waals surface area contributed by atoms with Crippen LogP contribution in [0.5, 0.6) is 5.75 Å². The fourth-order valence-corrected chi connectivity index (χ4v) is 1.92. The quantitative estimate of drug-likeness (QED) is 0.673. The van der Waals surface area contributed by atoms with Gasteiger partial charge in [0.25, 0.3) is 0 Å². The molecule has 0 unspecified atom stereocenters. The van der Waals surface area contributed by atoms with Gasteiger partial charge in [0, 0.05) is 6.20 Å². The van der Waals surface area contributed by atoms with Crippen molar-refractivity contribution in [2.24, 2.45) is 0 Å². The van der Waals surface area contributed by atoms with Gasteiger partial charge in [0.05, 0.1) is 18.5 Å². The molecule has 22 heavy (non-hydrogen) atoms. The van der Waals surface area contributed by atoms with Gasteiger partial charge in [0.2, 0.25) is 0 Å². The van der Waals surface area contributed by atoms with Crippen molar-refractivity contribution in [2.75, 3.05) is 17.7 Å². The molecule has 1 aromatic carbocycles. The summed E-state index contributed by atoms with van der Waals surface area (Å²) in [6.45, 7) is 1.87. The summed E-state index contributed by atoms with van der Waals surface area (Å²) >= 11 is 5.82. The molecule has 0 atom stereocenters. The molecule has 2 rings (SSSR count). The number of aromatic nitrogens is 1. The van der Waals surface area contributed by atoms with Crippen LogP contribution in [-0.2, 0) is 9.59 Å². The van der Waals surface area contributed by atoms with Gasteiger partial charge in [-0.05, 0) is 36.8 Å². The predicted molar refractivity (Wildman–Crippen MR) is 84.2 cm³/mol. The Labute approximate surface area is 132 Å². The highest BCUT2D eigenvalue weighted by Gasteiger charge is 2.17. The Morgan fingerprint density at radius 1 is 1.14 bits per heavy atom. The molecule has 1 aromatic heterocycles. The third-order valence-corrected chi connectivity index (χ3v) is 3.12. The molecule has 0 aliphatic rings. The number of nitrogens with one attached hydrogen (secondary N) is 2. The number of hydrogen-bond donors (Lipinski definition) is 2. The zero-order valence-electron chi connectivity index (χ0n) is 12.0. The molecule has 0 fully saturated rings. The van der Waals surface area contributed by atoms with Gasteiger partial charge in [-0.25, -0.2) is 4.98 Å². The lowest BCUT2D eigenvalue weighted by molar-refractivity contribution is -0.133. The highest BCUT2D eigenvalue weighted by molar-refractivity contribution is 6.44. The molecule has 0 saturated carbocycles. The van der Waals surface area contributed by atoms with Crippen molar-refractivity contribution in [3.63, 3.8) is 0 Å². The molecule has 1 heterocycles. The lowest BCUT2D eigenvalue weighted by Crippen LogP contribution is -2.29. The van der Waals surface area contributed by atoms with Gasteiger partial charge < -0.3 is 15.4 Å². The first-order chi connectivity index (χ1) is 10.5. The Morgan fingerprint density at radius 2 is 1.82 bits per heavy atom. The molecule has 0 spiro atoms. The number of ether oxygens (including phenoxy) is 1. The van der Waals surface area contributed by atoms with Crippen LogP contribution in [0, 0.1) is 6.92 Å².